The van der Waals surface area contributed by atoms with Crippen molar-refractivity contribution < 1.29 is 31.9 Å². The van der Waals surface area contributed by atoms with Crippen LogP contribution in [0.15, 0.2) is 48.5 Å². The molecule has 0 amide bonds. The number of aryl methyl sites for hydroxylation is 1. The van der Waals surface area contributed by atoms with Crippen LogP contribution in [0.5, 0.6) is 0 Å². The van der Waals surface area contributed by atoms with Crippen molar-refractivity contribution in [3.63, 3.8) is 0 Å². The van der Waals surface area contributed by atoms with Gasteiger partial charge in [-0.2, -0.15) is 23.1 Å². The number of aromatic nitrogens is 4. The van der Waals surface area contributed by atoms with Gasteiger partial charge < -0.3 is 15.1 Å². The second-order valence-corrected chi connectivity index (χ2v) is 8.23. The van der Waals surface area contributed by atoms with E-state index in [4.69, 9.17) is 0 Å². The van der Waals surface area contributed by atoms with Gasteiger partial charge in [-0.15, -0.1) is 0 Å². The lowest BCUT2D eigenvalue weighted by atomic mass is 10.2. The van der Waals surface area contributed by atoms with Crippen molar-refractivity contribution in [2.45, 2.75) is 13.1 Å². The van der Waals surface area contributed by atoms with E-state index in [9.17, 15) is 31.9 Å². The summed E-state index contributed by atoms with van der Waals surface area (Å²) < 4.78 is 65.1. The van der Waals surface area contributed by atoms with Crippen molar-refractivity contribution in [1.82, 2.24) is 19.5 Å². The van der Waals surface area contributed by atoms with Crippen LogP contribution in [0.3, 0.4) is 0 Å². The Balaban J connectivity index is 1.80. The molecule has 33 heavy (non-hydrogen) atoms. The molecule has 0 saturated carbocycles. The highest BCUT2D eigenvalue weighted by Gasteiger charge is 2.30. The van der Waals surface area contributed by atoms with E-state index in [1.54, 1.807) is 6.92 Å². The van der Waals surface area contributed by atoms with Gasteiger partial charge in [0.25, 0.3) is 0 Å². The van der Waals surface area contributed by atoms with Crippen molar-refractivity contribution >= 4 is 36.2 Å². The molecule has 4 aromatic rings. The third-order valence-corrected chi connectivity index (χ3v) is 4.97. The first kappa shape index (κ1) is 22.6. The Bertz CT molecular complexity index is 1390. The molecule has 0 aliphatic rings. The fourth-order valence-corrected chi connectivity index (χ4v) is 3.55. The molecule has 172 valence electrons. The van der Waals surface area contributed by atoms with E-state index >= 15 is 0 Å². The Hall–Kier alpha value is -3.54. The van der Waals surface area contributed by atoms with Gasteiger partial charge in [0.05, 0.1) is 16.6 Å². The molecular formula is C19H15F4N6O3P. The highest BCUT2D eigenvalue weighted by molar-refractivity contribution is 7.53. The lowest BCUT2D eigenvalue weighted by molar-refractivity contribution is -0.137. The summed E-state index contributed by atoms with van der Waals surface area (Å²) in [5.74, 6) is -0.506. The Morgan fingerprint density at radius 2 is 1.70 bits per heavy atom. The molecule has 2 heterocycles. The molecule has 2 aromatic heterocycles. The SMILES string of the molecule is Cc1nc2ccc(F)cc2n1-c1cc(NP(=O)(O)O)nc(Nc2ccc(C(F)(F)F)cc2)n1. The quantitative estimate of drug-likeness (QED) is 0.242. The van der Waals surface area contributed by atoms with E-state index in [0.29, 0.717) is 16.9 Å². The summed E-state index contributed by atoms with van der Waals surface area (Å²) in [7, 11) is -4.76. The molecule has 0 aliphatic carbocycles. The van der Waals surface area contributed by atoms with Crippen LogP contribution in [0.25, 0.3) is 16.9 Å². The molecule has 0 bridgehead atoms. The maximum Gasteiger partial charge on any atom is 0.428 e. The first-order chi connectivity index (χ1) is 15.4. The van der Waals surface area contributed by atoms with Gasteiger partial charge in [0.1, 0.15) is 23.3 Å². The van der Waals surface area contributed by atoms with Crippen LogP contribution in [0.2, 0.25) is 0 Å². The van der Waals surface area contributed by atoms with E-state index in [1.807, 2.05) is 5.09 Å². The number of hydrogen-bond donors (Lipinski definition) is 4. The van der Waals surface area contributed by atoms with Gasteiger partial charge >= 0.3 is 13.9 Å². The zero-order chi connectivity index (χ0) is 24.0. The van der Waals surface area contributed by atoms with Crippen LogP contribution in [-0.2, 0) is 10.7 Å². The van der Waals surface area contributed by atoms with Gasteiger partial charge in [0.2, 0.25) is 5.95 Å². The monoisotopic (exact) mass is 482 g/mol. The maximum absolute atomic E-state index is 13.8. The molecule has 2 aromatic carbocycles. The number of alkyl halides is 3. The fraction of sp³-hybridized carbons (Fsp3) is 0.105. The topological polar surface area (TPSA) is 125 Å². The highest BCUT2D eigenvalue weighted by atomic mass is 31.2. The van der Waals surface area contributed by atoms with Gasteiger partial charge in [-0.1, -0.05) is 0 Å². The Morgan fingerprint density at radius 3 is 2.33 bits per heavy atom. The summed E-state index contributed by atoms with van der Waals surface area (Å²) in [5.41, 5.74) is 0.137. The minimum Gasteiger partial charge on any atom is -0.324 e. The lowest BCUT2D eigenvalue weighted by Gasteiger charge is -2.14. The van der Waals surface area contributed by atoms with E-state index in [1.165, 1.54) is 28.8 Å². The summed E-state index contributed by atoms with van der Waals surface area (Å²) in [6.45, 7) is 1.62. The van der Waals surface area contributed by atoms with E-state index in [0.717, 1.165) is 24.3 Å². The van der Waals surface area contributed by atoms with E-state index in [2.05, 4.69) is 20.3 Å². The Kier molecular flexibility index (Phi) is 5.56. The number of nitrogens with one attached hydrogen (secondary N) is 2. The molecule has 4 N–H and O–H groups in total. The van der Waals surface area contributed by atoms with Crippen molar-refractivity contribution in [2.24, 2.45) is 0 Å². The third-order valence-electron chi connectivity index (χ3n) is 4.45. The van der Waals surface area contributed by atoms with Crippen molar-refractivity contribution in [2.75, 3.05) is 10.4 Å². The van der Waals surface area contributed by atoms with Crippen LogP contribution in [-0.4, -0.2) is 29.3 Å². The summed E-state index contributed by atoms with van der Waals surface area (Å²) in [4.78, 5) is 31.1. The van der Waals surface area contributed by atoms with Crippen LogP contribution in [0, 0.1) is 12.7 Å². The number of rotatable bonds is 5. The van der Waals surface area contributed by atoms with Crippen LogP contribution in [0.4, 0.5) is 35.0 Å². The molecule has 4 rings (SSSR count). The maximum atomic E-state index is 13.8. The summed E-state index contributed by atoms with van der Waals surface area (Å²) >= 11 is 0. The molecule has 0 fully saturated rings. The van der Waals surface area contributed by atoms with Gasteiger partial charge in [0.15, 0.2) is 0 Å². The standard InChI is InChI=1S/C19H15F4N6O3P/c1-10-24-14-7-4-12(20)8-15(14)29(10)17-9-16(28-33(30,31)32)26-18(27-17)25-13-5-2-11(3-6-13)19(21,22)23/h2-9H,1H3,(H4,25,26,27,28,30,31,32). The summed E-state index contributed by atoms with van der Waals surface area (Å²) in [6.07, 6.45) is -4.51. The molecular weight excluding hydrogens is 467 g/mol. The summed E-state index contributed by atoms with van der Waals surface area (Å²) in [6, 6.07) is 9.16. The van der Waals surface area contributed by atoms with Crippen molar-refractivity contribution in [3.05, 3.63) is 65.7 Å². The Labute approximate surface area is 183 Å². The number of imidazole rings is 1. The number of nitrogens with zero attached hydrogens (tertiary/aromatic N) is 4. The lowest BCUT2D eigenvalue weighted by Crippen LogP contribution is -2.08. The second-order valence-electron chi connectivity index (χ2n) is 6.92. The Morgan fingerprint density at radius 1 is 1.00 bits per heavy atom. The number of halogens is 4. The molecule has 9 nitrogen and oxygen atoms in total. The first-order valence-corrected chi connectivity index (χ1v) is 10.8. The minimum absolute atomic E-state index is 0.0842. The fourth-order valence-electron chi connectivity index (χ4n) is 3.14. The van der Waals surface area contributed by atoms with Crippen LogP contribution < -0.4 is 10.4 Å². The molecule has 14 heteroatoms. The molecule has 0 aliphatic heterocycles. The second kappa shape index (κ2) is 8.10. The van der Waals surface area contributed by atoms with Gasteiger partial charge in [-0.25, -0.2) is 13.9 Å². The van der Waals surface area contributed by atoms with Crippen LogP contribution in [0.1, 0.15) is 11.4 Å². The molecule has 0 radical (unpaired) electrons. The number of fused-ring (bicyclic) bond motifs is 1. The van der Waals surface area contributed by atoms with E-state index < -0.39 is 25.3 Å². The zero-order valence-corrected chi connectivity index (χ0v) is 17.6. The molecule has 0 atom stereocenters. The smallest absolute Gasteiger partial charge is 0.324 e. The average molecular weight is 482 g/mol. The molecule has 0 saturated heterocycles. The average Bonchev–Trinajstić information content (AvgIpc) is 3.01. The zero-order valence-electron chi connectivity index (χ0n) is 16.7. The predicted molar refractivity (Wildman–Crippen MR) is 112 cm³/mol. The largest absolute Gasteiger partial charge is 0.428 e. The van der Waals surface area contributed by atoms with E-state index in [-0.39, 0.29) is 23.3 Å². The van der Waals surface area contributed by atoms with Gasteiger partial charge in [0, 0.05) is 17.8 Å². The van der Waals surface area contributed by atoms with Gasteiger partial charge in [-0.3, -0.25) is 9.65 Å². The third kappa shape index (κ3) is 5.11. The predicted octanol–water partition coefficient (Wildman–Crippen LogP) is 4.53. The molecule has 0 unspecified atom stereocenters. The number of anilines is 3. The minimum atomic E-state index is -4.76. The number of hydrogen-bond acceptors (Lipinski definition) is 5. The van der Waals surface area contributed by atoms with Crippen molar-refractivity contribution in [3.8, 4) is 5.82 Å². The number of benzene rings is 2. The first-order valence-electron chi connectivity index (χ1n) is 9.21. The highest BCUT2D eigenvalue weighted by Crippen LogP contribution is 2.36. The normalized spacial score (nSPS) is 12.2. The summed E-state index contributed by atoms with van der Waals surface area (Å²) in [5, 5.41) is 4.64. The van der Waals surface area contributed by atoms with Crippen molar-refractivity contribution in [1.29, 1.82) is 0 Å². The van der Waals surface area contributed by atoms with Gasteiger partial charge in [-0.05, 0) is 43.3 Å². The van der Waals surface area contributed by atoms with Crippen LogP contribution >= 0.6 is 7.75 Å². The molecule has 0 spiro atoms.